The first-order valence-corrected chi connectivity index (χ1v) is 5.93. The molecule has 0 saturated carbocycles. The van der Waals surface area contributed by atoms with Crippen LogP contribution in [0.5, 0.6) is 0 Å². The Morgan fingerprint density at radius 2 is 2.36 bits per heavy atom. The van der Waals surface area contributed by atoms with E-state index in [1.54, 1.807) is 0 Å². The van der Waals surface area contributed by atoms with Gasteiger partial charge < -0.3 is 0 Å². The summed E-state index contributed by atoms with van der Waals surface area (Å²) in [5, 5.41) is 0.939. The normalized spacial score (nSPS) is 19.1. The van der Waals surface area contributed by atoms with E-state index >= 15 is 0 Å². The van der Waals surface area contributed by atoms with Crippen molar-refractivity contribution in [3.63, 3.8) is 0 Å². The van der Waals surface area contributed by atoms with Crippen LogP contribution in [0.25, 0.3) is 6.08 Å². The molecule has 1 aliphatic carbocycles. The monoisotopic (exact) mass is 247 g/mol. The highest BCUT2D eigenvalue weighted by Gasteiger charge is 2.14. The Kier molecular flexibility index (Phi) is 3.20. The molecule has 2 rings (SSSR count). The Balaban J connectivity index is 2.11. The largest absolute Gasteiger partial charge is 0.0883 e. The molecule has 1 heteroatoms. The molecule has 1 unspecified atom stereocenters. The Morgan fingerprint density at radius 1 is 1.43 bits per heavy atom. The maximum atomic E-state index is 3.38. The molecule has 0 amide bonds. The predicted molar refractivity (Wildman–Crippen MR) is 64.6 cm³/mol. The van der Waals surface area contributed by atoms with Crippen LogP contribution < -0.4 is 0 Å². The van der Waals surface area contributed by atoms with Crippen molar-refractivity contribution in [2.45, 2.75) is 12.3 Å². The van der Waals surface area contributed by atoms with Crippen LogP contribution in [0.15, 0.2) is 36.4 Å². The van der Waals surface area contributed by atoms with Crippen molar-refractivity contribution in [2.75, 3.05) is 5.33 Å². The fourth-order valence-electron chi connectivity index (χ4n) is 1.75. The number of hydrogen-bond acceptors (Lipinski definition) is 0. The third-order valence-corrected chi connectivity index (χ3v) is 2.82. The average Bonchev–Trinajstić information content (AvgIpc) is 2.63. The molecule has 0 aromatic heterocycles. The van der Waals surface area contributed by atoms with Crippen molar-refractivity contribution in [3.05, 3.63) is 53.6 Å². The van der Waals surface area contributed by atoms with Crippen LogP contribution in [0.2, 0.25) is 0 Å². The fourth-order valence-corrected chi connectivity index (χ4v) is 2.01. The molecule has 0 spiro atoms. The molecular weight excluding hydrogens is 236 g/mol. The summed E-state index contributed by atoms with van der Waals surface area (Å²) >= 11 is 3.38. The summed E-state index contributed by atoms with van der Waals surface area (Å²) in [5.74, 6) is 0.529. The number of fused-ring (bicyclic) bond motifs is 1. The topological polar surface area (TPSA) is 0 Å². The van der Waals surface area contributed by atoms with Gasteiger partial charge in [0, 0.05) is 11.2 Å². The third-order valence-electron chi connectivity index (χ3n) is 2.45. The Morgan fingerprint density at radius 3 is 3.21 bits per heavy atom. The number of hydrogen-bond donors (Lipinski definition) is 0. The van der Waals surface area contributed by atoms with E-state index in [0.717, 1.165) is 11.8 Å². The molecule has 1 atom stereocenters. The lowest BCUT2D eigenvalue weighted by molar-refractivity contribution is 0.877. The SMILES string of the molecule is BrCC=CCC1C=Cc2ccc[c]c21. The number of alkyl halides is 1. The van der Waals surface area contributed by atoms with Gasteiger partial charge in [0.15, 0.2) is 0 Å². The molecule has 14 heavy (non-hydrogen) atoms. The first-order chi connectivity index (χ1) is 6.92. The summed E-state index contributed by atoms with van der Waals surface area (Å²) in [6, 6.07) is 9.50. The molecule has 0 nitrogen and oxygen atoms in total. The first-order valence-electron chi connectivity index (χ1n) is 4.81. The van der Waals surface area contributed by atoms with Crippen molar-refractivity contribution in [1.82, 2.24) is 0 Å². The Hall–Kier alpha value is -0.820. The number of rotatable bonds is 3. The Bertz CT molecular complexity index is 363. The smallest absolute Gasteiger partial charge is 0.0212 e. The lowest BCUT2D eigenvalue weighted by Gasteiger charge is -2.06. The predicted octanol–water partition coefficient (Wildman–Crippen LogP) is 3.94. The van der Waals surface area contributed by atoms with Gasteiger partial charge in [0.25, 0.3) is 0 Å². The fraction of sp³-hybridized carbons (Fsp3) is 0.231. The highest BCUT2D eigenvalue weighted by atomic mass is 79.9. The van der Waals surface area contributed by atoms with Gasteiger partial charge in [0.05, 0.1) is 0 Å². The summed E-state index contributed by atoms with van der Waals surface area (Å²) in [4.78, 5) is 0. The summed E-state index contributed by atoms with van der Waals surface area (Å²) < 4.78 is 0. The van der Waals surface area contributed by atoms with Crippen molar-refractivity contribution >= 4 is 22.0 Å². The lowest BCUT2D eigenvalue weighted by Crippen LogP contribution is -1.91. The van der Waals surface area contributed by atoms with Gasteiger partial charge in [-0.2, -0.15) is 0 Å². The molecule has 0 heterocycles. The minimum Gasteiger partial charge on any atom is -0.0883 e. The highest BCUT2D eigenvalue weighted by Crippen LogP contribution is 2.31. The molecule has 1 radical (unpaired) electrons. The van der Waals surface area contributed by atoms with Gasteiger partial charge in [-0.05, 0) is 23.6 Å². The number of halogens is 1. The van der Waals surface area contributed by atoms with Gasteiger partial charge in [-0.15, -0.1) is 0 Å². The Labute approximate surface area is 93.5 Å². The van der Waals surface area contributed by atoms with Crippen molar-refractivity contribution in [3.8, 4) is 0 Å². The zero-order valence-corrected chi connectivity index (χ0v) is 9.50. The quantitative estimate of drug-likeness (QED) is 0.561. The maximum absolute atomic E-state index is 3.38. The number of allylic oxidation sites excluding steroid dienone is 3. The molecule has 1 aromatic carbocycles. The summed E-state index contributed by atoms with van der Waals surface area (Å²) in [6.07, 6.45) is 9.91. The second-order valence-corrected chi connectivity index (χ2v) is 4.01. The molecule has 1 aromatic rings. The number of benzene rings is 1. The van der Waals surface area contributed by atoms with Crippen LogP contribution in [-0.2, 0) is 0 Å². The third kappa shape index (κ3) is 1.98. The second-order valence-electron chi connectivity index (χ2n) is 3.37. The summed E-state index contributed by atoms with van der Waals surface area (Å²) in [7, 11) is 0. The van der Waals surface area contributed by atoms with Crippen LogP contribution in [-0.4, -0.2) is 5.33 Å². The zero-order valence-electron chi connectivity index (χ0n) is 7.91. The van der Waals surface area contributed by atoms with Crippen molar-refractivity contribution in [1.29, 1.82) is 0 Å². The van der Waals surface area contributed by atoms with E-state index in [-0.39, 0.29) is 0 Å². The van der Waals surface area contributed by atoms with Gasteiger partial charge in [0.1, 0.15) is 0 Å². The zero-order chi connectivity index (χ0) is 9.80. The van der Waals surface area contributed by atoms with Crippen LogP contribution in [0.1, 0.15) is 23.5 Å². The van der Waals surface area contributed by atoms with Gasteiger partial charge in [-0.25, -0.2) is 0 Å². The molecule has 0 aliphatic heterocycles. The van der Waals surface area contributed by atoms with E-state index < -0.39 is 0 Å². The highest BCUT2D eigenvalue weighted by molar-refractivity contribution is 9.09. The molecule has 0 bridgehead atoms. The van der Waals surface area contributed by atoms with Crippen LogP contribution in [0.4, 0.5) is 0 Å². The van der Waals surface area contributed by atoms with E-state index in [4.69, 9.17) is 0 Å². The molecule has 71 valence electrons. The van der Waals surface area contributed by atoms with E-state index in [1.807, 2.05) is 12.1 Å². The molecule has 0 saturated heterocycles. The van der Waals surface area contributed by atoms with Gasteiger partial charge in [-0.1, -0.05) is 58.4 Å². The van der Waals surface area contributed by atoms with E-state index in [2.05, 4.69) is 52.4 Å². The first kappa shape index (κ1) is 9.72. The van der Waals surface area contributed by atoms with Gasteiger partial charge >= 0.3 is 0 Å². The van der Waals surface area contributed by atoms with Crippen molar-refractivity contribution in [2.24, 2.45) is 0 Å². The minimum atomic E-state index is 0.529. The summed E-state index contributed by atoms with van der Waals surface area (Å²) in [6.45, 7) is 0. The second kappa shape index (κ2) is 4.61. The molecule has 1 aliphatic rings. The summed E-state index contributed by atoms with van der Waals surface area (Å²) in [5.41, 5.74) is 2.66. The van der Waals surface area contributed by atoms with Gasteiger partial charge in [-0.3, -0.25) is 0 Å². The molecular formula is C13H12Br. The molecule has 0 fully saturated rings. The standard InChI is InChI=1S/C13H12Br/c14-10-4-3-6-12-9-8-11-5-1-2-7-13(11)12/h1-5,8-9,12H,6,10H2. The van der Waals surface area contributed by atoms with Crippen molar-refractivity contribution < 1.29 is 0 Å². The van der Waals surface area contributed by atoms with E-state index in [9.17, 15) is 0 Å². The van der Waals surface area contributed by atoms with Crippen LogP contribution in [0, 0.1) is 6.07 Å². The van der Waals surface area contributed by atoms with E-state index in [1.165, 1.54) is 11.1 Å². The minimum absolute atomic E-state index is 0.529. The van der Waals surface area contributed by atoms with Crippen LogP contribution >= 0.6 is 15.9 Å². The average molecular weight is 248 g/mol. The van der Waals surface area contributed by atoms with E-state index in [0.29, 0.717) is 5.92 Å². The lowest BCUT2D eigenvalue weighted by atomic mass is 9.98. The molecule has 0 N–H and O–H groups in total. The van der Waals surface area contributed by atoms with Crippen LogP contribution in [0.3, 0.4) is 0 Å². The maximum Gasteiger partial charge on any atom is 0.0212 e. The van der Waals surface area contributed by atoms with Gasteiger partial charge in [0.2, 0.25) is 0 Å².